The first-order valence-electron chi connectivity index (χ1n) is 5.13. The summed E-state index contributed by atoms with van der Waals surface area (Å²) in [7, 11) is 0. The first-order valence-corrected chi connectivity index (χ1v) is 5.13. The molecule has 0 saturated carbocycles. The van der Waals surface area contributed by atoms with Crippen molar-refractivity contribution < 1.29 is 23.5 Å². The highest BCUT2D eigenvalue weighted by Gasteiger charge is 2.20. The number of Topliss-reactive ketones (excluding diaryl/α,β-unsaturated/α-hetero) is 1. The molecule has 1 aromatic rings. The van der Waals surface area contributed by atoms with Crippen molar-refractivity contribution in [2.24, 2.45) is 0 Å². The van der Waals surface area contributed by atoms with Gasteiger partial charge in [0.1, 0.15) is 5.75 Å². The van der Waals surface area contributed by atoms with Crippen molar-refractivity contribution in [3.05, 3.63) is 29.8 Å². The molecule has 5 heteroatoms. The maximum Gasteiger partial charge on any atom is 0.381 e. The zero-order chi connectivity index (χ0) is 12.8. The summed E-state index contributed by atoms with van der Waals surface area (Å²) in [6.45, 7) is 3.09. The van der Waals surface area contributed by atoms with Crippen molar-refractivity contribution in [3.63, 3.8) is 0 Å². The molecule has 17 heavy (non-hydrogen) atoms. The van der Waals surface area contributed by atoms with Gasteiger partial charge in [-0.15, -0.1) is 0 Å². The number of esters is 1. The quantitative estimate of drug-likeness (QED) is 0.584. The van der Waals surface area contributed by atoms with Crippen LogP contribution in [-0.2, 0) is 9.53 Å². The summed E-state index contributed by atoms with van der Waals surface area (Å²) in [5, 5.41) is 0. The van der Waals surface area contributed by atoms with Gasteiger partial charge in [0.2, 0.25) is 0 Å². The predicted molar refractivity (Wildman–Crippen MR) is 58.6 cm³/mol. The Kier molecular flexibility index (Phi) is 4.63. The summed E-state index contributed by atoms with van der Waals surface area (Å²) in [6, 6.07) is 5.83. The van der Waals surface area contributed by atoms with Crippen LogP contribution in [0.2, 0.25) is 0 Å². The van der Waals surface area contributed by atoms with E-state index < -0.39 is 12.3 Å². The monoisotopic (exact) mass is 240 g/mol. The molecule has 0 heterocycles. The van der Waals surface area contributed by atoms with Crippen LogP contribution in [0.1, 0.15) is 24.2 Å². The van der Waals surface area contributed by atoms with Crippen molar-refractivity contribution >= 4 is 11.8 Å². The molecule has 0 amide bonds. The van der Waals surface area contributed by atoms with Crippen LogP contribution >= 0.6 is 0 Å². The lowest BCUT2D eigenvalue weighted by Crippen LogP contribution is -2.24. The van der Waals surface area contributed by atoms with Crippen LogP contribution in [0.3, 0.4) is 0 Å². The van der Waals surface area contributed by atoms with Gasteiger partial charge in [0, 0.05) is 5.56 Å². The topological polar surface area (TPSA) is 52.6 Å². The second-order valence-corrected chi connectivity index (χ2v) is 3.27. The number of alkyl halides is 1. The number of ketones is 1. The van der Waals surface area contributed by atoms with Crippen LogP contribution in [0.15, 0.2) is 24.3 Å². The lowest BCUT2D eigenvalue weighted by Gasteiger charge is -2.10. The molecule has 1 atom stereocenters. The van der Waals surface area contributed by atoms with Crippen LogP contribution in [-0.4, -0.2) is 24.7 Å². The first-order chi connectivity index (χ1) is 8.04. The molecule has 0 radical (unpaired) electrons. The van der Waals surface area contributed by atoms with Crippen LogP contribution in [0, 0.1) is 0 Å². The van der Waals surface area contributed by atoms with Crippen LogP contribution in [0.25, 0.3) is 0 Å². The summed E-state index contributed by atoms with van der Waals surface area (Å²) in [5.74, 6) is -1.00. The lowest BCUT2D eigenvalue weighted by atomic mass is 10.1. The van der Waals surface area contributed by atoms with Crippen molar-refractivity contribution in [1.82, 2.24) is 0 Å². The SMILES string of the molecule is CCOC(=O)C(F)Oc1ccc(C(C)=O)cc1. The molecule has 92 valence electrons. The van der Waals surface area contributed by atoms with E-state index in [2.05, 4.69) is 4.74 Å². The highest BCUT2D eigenvalue weighted by atomic mass is 19.1. The fraction of sp³-hybridized carbons (Fsp3) is 0.333. The molecule has 1 unspecified atom stereocenters. The summed E-state index contributed by atoms with van der Waals surface area (Å²) in [4.78, 5) is 21.9. The number of carbonyl (C=O) groups excluding carboxylic acids is 2. The van der Waals surface area contributed by atoms with Crippen LogP contribution in [0.4, 0.5) is 4.39 Å². The van der Waals surface area contributed by atoms with Crippen molar-refractivity contribution in [3.8, 4) is 5.75 Å². The molecule has 0 aliphatic carbocycles. The molecule has 0 aromatic heterocycles. The standard InChI is InChI=1S/C12H13FO4/c1-3-16-12(15)11(13)17-10-6-4-9(5-7-10)8(2)14/h4-7,11H,3H2,1-2H3. The molecule has 0 aliphatic rings. The van der Waals surface area contributed by atoms with Gasteiger partial charge in [0.15, 0.2) is 5.78 Å². The number of ether oxygens (including phenoxy) is 2. The number of halogens is 1. The number of carbonyl (C=O) groups is 2. The third kappa shape index (κ3) is 3.86. The van der Waals surface area contributed by atoms with Gasteiger partial charge in [-0.05, 0) is 38.1 Å². The number of rotatable bonds is 5. The molecule has 4 nitrogen and oxygen atoms in total. The molecule has 0 aliphatic heterocycles. The van der Waals surface area contributed by atoms with E-state index in [1.807, 2.05) is 0 Å². The summed E-state index contributed by atoms with van der Waals surface area (Å²) in [5.41, 5.74) is 0.490. The Labute approximate surface area is 98.3 Å². The number of hydrogen-bond donors (Lipinski definition) is 0. The van der Waals surface area contributed by atoms with Gasteiger partial charge in [0.25, 0.3) is 0 Å². The largest absolute Gasteiger partial charge is 0.461 e. The zero-order valence-corrected chi connectivity index (χ0v) is 9.60. The molecule has 0 bridgehead atoms. The Morgan fingerprint density at radius 3 is 2.35 bits per heavy atom. The van der Waals surface area contributed by atoms with E-state index >= 15 is 0 Å². The average molecular weight is 240 g/mol. The number of benzene rings is 1. The van der Waals surface area contributed by atoms with Crippen molar-refractivity contribution in [2.45, 2.75) is 20.2 Å². The average Bonchev–Trinajstić information content (AvgIpc) is 2.30. The van der Waals surface area contributed by atoms with Gasteiger partial charge in [0.05, 0.1) is 6.61 Å². The van der Waals surface area contributed by atoms with E-state index in [1.165, 1.54) is 31.2 Å². The van der Waals surface area contributed by atoms with E-state index in [0.29, 0.717) is 5.56 Å². The minimum absolute atomic E-state index is 0.0892. The maximum absolute atomic E-state index is 13.2. The van der Waals surface area contributed by atoms with E-state index in [9.17, 15) is 14.0 Å². The lowest BCUT2D eigenvalue weighted by molar-refractivity contribution is -0.159. The van der Waals surface area contributed by atoms with Gasteiger partial charge in [-0.1, -0.05) is 0 Å². The molecular formula is C12H13FO4. The van der Waals surface area contributed by atoms with Crippen LogP contribution < -0.4 is 4.74 Å². The second kappa shape index (κ2) is 5.98. The van der Waals surface area contributed by atoms with Gasteiger partial charge < -0.3 is 9.47 Å². The molecule has 1 aromatic carbocycles. The minimum Gasteiger partial charge on any atom is -0.461 e. The van der Waals surface area contributed by atoms with Gasteiger partial charge >= 0.3 is 12.3 Å². The third-order valence-corrected chi connectivity index (χ3v) is 1.97. The van der Waals surface area contributed by atoms with E-state index in [-0.39, 0.29) is 18.1 Å². The zero-order valence-electron chi connectivity index (χ0n) is 9.60. The first kappa shape index (κ1) is 13.2. The van der Waals surface area contributed by atoms with Gasteiger partial charge in [-0.25, -0.2) is 4.79 Å². The fourth-order valence-corrected chi connectivity index (χ4v) is 1.14. The molecule has 0 spiro atoms. The van der Waals surface area contributed by atoms with E-state index in [1.54, 1.807) is 6.92 Å². The predicted octanol–water partition coefficient (Wildman–Crippen LogP) is 2.13. The smallest absolute Gasteiger partial charge is 0.381 e. The molecule has 0 saturated heterocycles. The molecule has 0 fully saturated rings. The van der Waals surface area contributed by atoms with Gasteiger partial charge in [-0.2, -0.15) is 4.39 Å². The molecule has 0 N–H and O–H groups in total. The van der Waals surface area contributed by atoms with Crippen LogP contribution in [0.5, 0.6) is 5.75 Å². The highest BCUT2D eigenvalue weighted by molar-refractivity contribution is 5.94. The summed E-state index contributed by atoms with van der Waals surface area (Å²) in [6.07, 6.45) is -2.15. The molecule has 1 rings (SSSR count). The van der Waals surface area contributed by atoms with Gasteiger partial charge in [-0.3, -0.25) is 4.79 Å². The Morgan fingerprint density at radius 1 is 1.29 bits per heavy atom. The summed E-state index contributed by atoms with van der Waals surface area (Å²) >= 11 is 0. The third-order valence-electron chi connectivity index (χ3n) is 1.97. The minimum atomic E-state index is -2.15. The maximum atomic E-state index is 13.2. The van der Waals surface area contributed by atoms with E-state index in [4.69, 9.17) is 4.74 Å². The Hall–Kier alpha value is -1.91. The fourth-order valence-electron chi connectivity index (χ4n) is 1.14. The Balaban J connectivity index is 2.63. The van der Waals surface area contributed by atoms with E-state index in [0.717, 1.165) is 0 Å². The highest BCUT2D eigenvalue weighted by Crippen LogP contribution is 2.15. The van der Waals surface area contributed by atoms with Crippen molar-refractivity contribution in [2.75, 3.05) is 6.61 Å². The summed E-state index contributed by atoms with van der Waals surface area (Å²) < 4.78 is 22.3. The Morgan fingerprint density at radius 2 is 1.88 bits per heavy atom. The Bertz CT molecular complexity index is 399. The number of hydrogen-bond acceptors (Lipinski definition) is 4. The van der Waals surface area contributed by atoms with Crippen molar-refractivity contribution in [1.29, 1.82) is 0 Å². The molecular weight excluding hydrogens is 227 g/mol. The normalized spacial score (nSPS) is 11.7. The second-order valence-electron chi connectivity index (χ2n) is 3.27.